The summed E-state index contributed by atoms with van der Waals surface area (Å²) < 4.78 is 0. The van der Waals surface area contributed by atoms with Gasteiger partial charge >= 0.3 is 6.03 Å². The maximum Gasteiger partial charge on any atom is 0.314 e. The molecule has 1 aliphatic rings. The van der Waals surface area contributed by atoms with Crippen LogP contribution >= 0.6 is 11.3 Å². The van der Waals surface area contributed by atoms with Crippen LogP contribution in [0.2, 0.25) is 0 Å². The Morgan fingerprint density at radius 3 is 2.78 bits per heavy atom. The van der Waals surface area contributed by atoms with Crippen LogP contribution in [0.15, 0.2) is 47.2 Å². The van der Waals surface area contributed by atoms with Crippen LogP contribution in [0.25, 0.3) is 0 Å². The van der Waals surface area contributed by atoms with Crippen LogP contribution < -0.4 is 10.6 Å². The summed E-state index contributed by atoms with van der Waals surface area (Å²) in [5.74, 6) is 1.07. The normalized spacial score (nSPS) is 22.2. The Bertz CT molecular complexity index is 640. The number of amides is 2. The second kappa shape index (κ2) is 6.72. The third kappa shape index (κ3) is 4.12. The van der Waals surface area contributed by atoms with E-state index in [0.29, 0.717) is 18.4 Å². The fourth-order valence-electron chi connectivity index (χ4n) is 2.79. The van der Waals surface area contributed by atoms with E-state index in [2.05, 4.69) is 34.9 Å². The van der Waals surface area contributed by atoms with Crippen molar-refractivity contribution in [2.24, 2.45) is 5.92 Å². The summed E-state index contributed by atoms with van der Waals surface area (Å²) in [6, 6.07) is 12.1. The molecule has 1 fully saturated rings. The smallest absolute Gasteiger partial charge is 0.314 e. The molecule has 3 rings (SSSR count). The molecule has 5 heteroatoms. The quantitative estimate of drug-likeness (QED) is 0.762. The molecule has 3 unspecified atom stereocenters. The zero-order valence-electron chi connectivity index (χ0n) is 13.2. The lowest BCUT2D eigenvalue weighted by Gasteiger charge is -2.22. The highest BCUT2D eigenvalue weighted by Gasteiger charge is 2.38. The first-order valence-corrected chi connectivity index (χ1v) is 8.82. The SMILES string of the molecule is CC(O)(CNC(=O)NCC1CC1c1ccccc1)c1ccsc1. The predicted octanol–water partition coefficient (Wildman–Crippen LogP) is 3.06. The summed E-state index contributed by atoms with van der Waals surface area (Å²) >= 11 is 1.53. The van der Waals surface area contributed by atoms with E-state index in [9.17, 15) is 9.90 Å². The van der Waals surface area contributed by atoms with E-state index in [1.54, 1.807) is 6.92 Å². The summed E-state index contributed by atoms with van der Waals surface area (Å²) in [7, 11) is 0. The lowest BCUT2D eigenvalue weighted by molar-refractivity contribution is 0.0598. The summed E-state index contributed by atoms with van der Waals surface area (Å²) in [6.07, 6.45) is 1.12. The third-order valence-corrected chi connectivity index (χ3v) is 5.09. The highest BCUT2D eigenvalue weighted by Crippen LogP contribution is 2.46. The monoisotopic (exact) mass is 330 g/mol. The molecule has 3 atom stereocenters. The van der Waals surface area contributed by atoms with Gasteiger partial charge in [-0.1, -0.05) is 30.3 Å². The van der Waals surface area contributed by atoms with Crippen molar-refractivity contribution in [3.8, 4) is 0 Å². The number of urea groups is 1. The van der Waals surface area contributed by atoms with Crippen LogP contribution in [0.1, 0.15) is 30.4 Å². The molecule has 0 bridgehead atoms. The first-order valence-electron chi connectivity index (χ1n) is 7.88. The van der Waals surface area contributed by atoms with Gasteiger partial charge in [-0.3, -0.25) is 0 Å². The predicted molar refractivity (Wildman–Crippen MR) is 92.6 cm³/mol. The minimum Gasteiger partial charge on any atom is -0.384 e. The molecule has 1 heterocycles. The van der Waals surface area contributed by atoms with E-state index in [1.807, 2.05) is 22.9 Å². The molecule has 2 aromatic rings. The van der Waals surface area contributed by atoms with Gasteiger partial charge in [-0.05, 0) is 53.1 Å². The Morgan fingerprint density at radius 2 is 2.09 bits per heavy atom. The van der Waals surface area contributed by atoms with Crippen molar-refractivity contribution >= 4 is 17.4 Å². The van der Waals surface area contributed by atoms with Gasteiger partial charge in [0.2, 0.25) is 0 Å². The average Bonchev–Trinajstić information content (AvgIpc) is 3.11. The van der Waals surface area contributed by atoms with Gasteiger partial charge in [-0.25, -0.2) is 4.79 Å². The van der Waals surface area contributed by atoms with Crippen molar-refractivity contribution in [2.45, 2.75) is 24.9 Å². The topological polar surface area (TPSA) is 61.4 Å². The summed E-state index contributed by atoms with van der Waals surface area (Å²) in [6.45, 7) is 2.58. The Balaban J connectivity index is 1.39. The van der Waals surface area contributed by atoms with Crippen molar-refractivity contribution in [1.29, 1.82) is 0 Å². The molecule has 0 aliphatic heterocycles. The van der Waals surface area contributed by atoms with Crippen LogP contribution in [0.4, 0.5) is 4.79 Å². The molecule has 1 aliphatic carbocycles. The molecule has 2 amide bonds. The van der Waals surface area contributed by atoms with E-state index in [0.717, 1.165) is 12.0 Å². The van der Waals surface area contributed by atoms with Crippen LogP contribution in [0.3, 0.4) is 0 Å². The number of hydrogen-bond donors (Lipinski definition) is 3. The fourth-order valence-corrected chi connectivity index (χ4v) is 3.58. The number of benzene rings is 1. The minimum atomic E-state index is -1.04. The van der Waals surface area contributed by atoms with Crippen molar-refractivity contribution in [3.63, 3.8) is 0 Å². The van der Waals surface area contributed by atoms with Gasteiger partial charge in [0.1, 0.15) is 5.60 Å². The molecule has 0 spiro atoms. The Morgan fingerprint density at radius 1 is 1.30 bits per heavy atom. The van der Waals surface area contributed by atoms with E-state index in [-0.39, 0.29) is 12.6 Å². The van der Waals surface area contributed by atoms with Crippen molar-refractivity contribution in [3.05, 3.63) is 58.3 Å². The Hall–Kier alpha value is -1.85. The van der Waals surface area contributed by atoms with Crippen LogP contribution in [0, 0.1) is 5.92 Å². The van der Waals surface area contributed by atoms with Crippen molar-refractivity contribution in [2.75, 3.05) is 13.1 Å². The van der Waals surface area contributed by atoms with Gasteiger partial charge in [-0.15, -0.1) is 0 Å². The molecule has 0 radical (unpaired) electrons. The average molecular weight is 330 g/mol. The maximum atomic E-state index is 11.9. The number of carbonyl (C=O) groups excluding carboxylic acids is 1. The number of thiophene rings is 1. The highest BCUT2D eigenvalue weighted by molar-refractivity contribution is 7.08. The van der Waals surface area contributed by atoms with Crippen LogP contribution in [-0.4, -0.2) is 24.2 Å². The summed E-state index contributed by atoms with van der Waals surface area (Å²) in [5, 5.41) is 19.8. The van der Waals surface area contributed by atoms with Crippen molar-refractivity contribution < 1.29 is 9.90 Å². The molecule has 1 saturated carbocycles. The number of aliphatic hydroxyl groups is 1. The van der Waals surface area contributed by atoms with Gasteiger partial charge < -0.3 is 15.7 Å². The molecule has 1 aromatic heterocycles. The maximum absolute atomic E-state index is 11.9. The van der Waals surface area contributed by atoms with E-state index in [4.69, 9.17) is 0 Å². The second-order valence-electron chi connectivity index (χ2n) is 6.36. The molecule has 4 nitrogen and oxygen atoms in total. The van der Waals surface area contributed by atoms with E-state index in [1.165, 1.54) is 16.9 Å². The fraction of sp³-hybridized carbons (Fsp3) is 0.389. The number of hydrogen-bond acceptors (Lipinski definition) is 3. The molecule has 0 saturated heterocycles. The first-order chi connectivity index (χ1) is 11.1. The third-order valence-electron chi connectivity index (χ3n) is 4.41. The number of rotatable bonds is 6. The van der Waals surface area contributed by atoms with Crippen LogP contribution in [-0.2, 0) is 5.60 Å². The molecular weight excluding hydrogens is 308 g/mol. The van der Waals surface area contributed by atoms with E-state index >= 15 is 0 Å². The van der Waals surface area contributed by atoms with Gasteiger partial charge in [0.15, 0.2) is 0 Å². The van der Waals surface area contributed by atoms with Gasteiger partial charge in [-0.2, -0.15) is 11.3 Å². The molecular formula is C18H22N2O2S. The van der Waals surface area contributed by atoms with Gasteiger partial charge in [0.25, 0.3) is 0 Å². The standard InChI is InChI=1S/C18H22N2O2S/c1-18(22,15-7-8-23-11-15)12-20-17(21)19-10-14-9-16(14)13-5-3-2-4-6-13/h2-8,11,14,16,22H,9-10,12H2,1H3,(H2,19,20,21). The zero-order chi connectivity index (χ0) is 16.3. The van der Waals surface area contributed by atoms with Gasteiger partial charge in [0, 0.05) is 6.54 Å². The van der Waals surface area contributed by atoms with Gasteiger partial charge in [0.05, 0.1) is 6.54 Å². The minimum absolute atomic E-state index is 0.197. The Labute approximate surface area is 140 Å². The highest BCUT2D eigenvalue weighted by atomic mass is 32.1. The van der Waals surface area contributed by atoms with E-state index < -0.39 is 5.60 Å². The van der Waals surface area contributed by atoms with Crippen LogP contribution in [0.5, 0.6) is 0 Å². The Kier molecular flexibility index (Phi) is 4.68. The first kappa shape index (κ1) is 16.0. The summed E-state index contributed by atoms with van der Waals surface area (Å²) in [4.78, 5) is 11.9. The largest absolute Gasteiger partial charge is 0.384 e. The molecule has 3 N–H and O–H groups in total. The molecule has 122 valence electrons. The van der Waals surface area contributed by atoms with Crippen molar-refractivity contribution in [1.82, 2.24) is 10.6 Å². The number of nitrogens with one attached hydrogen (secondary N) is 2. The molecule has 1 aromatic carbocycles. The zero-order valence-corrected chi connectivity index (χ0v) is 14.0. The lowest BCUT2D eigenvalue weighted by atomic mass is 9.99. The second-order valence-corrected chi connectivity index (χ2v) is 7.14. The molecule has 23 heavy (non-hydrogen) atoms. The number of carbonyl (C=O) groups is 1. The summed E-state index contributed by atoms with van der Waals surface area (Å²) in [5.41, 5.74) is 1.14. The lowest BCUT2D eigenvalue weighted by Crippen LogP contribution is -2.43.